The fraction of sp³-hybridized carbons (Fsp3) is 0.929. The van der Waals surface area contributed by atoms with Gasteiger partial charge in [-0.05, 0) is 27.2 Å². The number of carbonyl (C=O) groups is 1. The van der Waals surface area contributed by atoms with Crippen LogP contribution in [0.4, 0.5) is 0 Å². The molecule has 0 spiro atoms. The van der Waals surface area contributed by atoms with E-state index in [1.54, 1.807) is 0 Å². The molecule has 0 aromatic rings. The van der Waals surface area contributed by atoms with Gasteiger partial charge >= 0.3 is 5.97 Å². The normalized spacial score (nSPS) is 30.7. The van der Waals surface area contributed by atoms with Crippen LogP contribution in [0.25, 0.3) is 0 Å². The molecule has 1 unspecified atom stereocenters. The molecule has 1 atom stereocenters. The summed E-state index contributed by atoms with van der Waals surface area (Å²) < 4.78 is 5.32. The Morgan fingerprint density at radius 1 is 1.26 bits per heavy atom. The highest BCUT2D eigenvalue weighted by atomic mass is 16.5. The van der Waals surface area contributed by atoms with Gasteiger partial charge in [0.1, 0.15) is 5.41 Å². The second-order valence-electron chi connectivity index (χ2n) is 6.82. The first-order chi connectivity index (χ1) is 8.83. The van der Waals surface area contributed by atoms with Crippen LogP contribution in [-0.4, -0.2) is 72.4 Å². The molecule has 2 aliphatic rings. The van der Waals surface area contributed by atoms with Gasteiger partial charge in [0.05, 0.1) is 6.61 Å². The zero-order valence-corrected chi connectivity index (χ0v) is 12.3. The van der Waals surface area contributed by atoms with Crippen LogP contribution in [0.2, 0.25) is 0 Å². The van der Waals surface area contributed by atoms with E-state index in [1.807, 2.05) is 0 Å². The van der Waals surface area contributed by atoms with Gasteiger partial charge in [0.2, 0.25) is 0 Å². The molecule has 2 aliphatic heterocycles. The van der Waals surface area contributed by atoms with E-state index >= 15 is 0 Å². The summed E-state index contributed by atoms with van der Waals surface area (Å²) in [6.07, 6.45) is 0.641. The molecule has 0 saturated carbocycles. The minimum Gasteiger partial charge on any atom is -0.481 e. The van der Waals surface area contributed by atoms with Crippen molar-refractivity contribution in [3.63, 3.8) is 0 Å². The summed E-state index contributed by atoms with van der Waals surface area (Å²) in [5.41, 5.74) is -0.475. The minimum atomic E-state index is -0.705. The number of piperazine rings is 1. The molecule has 19 heavy (non-hydrogen) atoms. The number of hydrogen-bond acceptors (Lipinski definition) is 4. The molecule has 2 saturated heterocycles. The zero-order valence-electron chi connectivity index (χ0n) is 12.3. The lowest BCUT2D eigenvalue weighted by atomic mass is 9.86. The van der Waals surface area contributed by atoms with Crippen LogP contribution in [0.15, 0.2) is 0 Å². The molecule has 0 amide bonds. The van der Waals surface area contributed by atoms with E-state index in [9.17, 15) is 9.90 Å². The third-order valence-electron chi connectivity index (χ3n) is 4.40. The fourth-order valence-electron chi connectivity index (χ4n) is 2.97. The molecule has 1 N–H and O–H groups in total. The van der Waals surface area contributed by atoms with Gasteiger partial charge in [0, 0.05) is 44.9 Å². The van der Waals surface area contributed by atoms with Crippen LogP contribution in [0.1, 0.15) is 27.2 Å². The number of carboxylic acids is 1. The Morgan fingerprint density at radius 2 is 1.89 bits per heavy atom. The van der Waals surface area contributed by atoms with Crippen molar-refractivity contribution in [2.75, 3.05) is 45.9 Å². The summed E-state index contributed by atoms with van der Waals surface area (Å²) in [7, 11) is 0. The van der Waals surface area contributed by atoms with Crippen LogP contribution < -0.4 is 0 Å². The Labute approximate surface area is 115 Å². The number of carboxylic acid groups (broad SMARTS) is 1. The van der Waals surface area contributed by atoms with Crippen molar-refractivity contribution >= 4 is 5.97 Å². The first kappa shape index (κ1) is 14.8. The van der Waals surface area contributed by atoms with E-state index in [1.165, 1.54) is 0 Å². The molecule has 0 radical (unpaired) electrons. The van der Waals surface area contributed by atoms with E-state index in [2.05, 4.69) is 30.6 Å². The molecule has 0 bridgehead atoms. The predicted octanol–water partition coefficient (Wildman–Crippen LogP) is 0.894. The largest absolute Gasteiger partial charge is 0.481 e. The van der Waals surface area contributed by atoms with Crippen LogP contribution in [0, 0.1) is 5.41 Å². The summed E-state index contributed by atoms with van der Waals surface area (Å²) in [5, 5.41) is 9.46. The number of ether oxygens (including phenoxy) is 1. The average molecular weight is 270 g/mol. The quantitative estimate of drug-likeness (QED) is 0.825. The van der Waals surface area contributed by atoms with Crippen LogP contribution >= 0.6 is 0 Å². The van der Waals surface area contributed by atoms with Crippen molar-refractivity contribution in [2.24, 2.45) is 5.41 Å². The van der Waals surface area contributed by atoms with E-state index < -0.39 is 11.4 Å². The first-order valence-corrected chi connectivity index (χ1v) is 7.12. The number of nitrogens with zero attached hydrogens (tertiary/aromatic N) is 2. The SMILES string of the molecule is CC(C)(C)N1CCN(CC2(C(=O)O)CCOC2)CC1. The summed E-state index contributed by atoms with van der Waals surface area (Å²) in [6, 6.07) is 0. The molecule has 5 nitrogen and oxygen atoms in total. The minimum absolute atomic E-state index is 0.201. The lowest BCUT2D eigenvalue weighted by Gasteiger charge is -2.43. The van der Waals surface area contributed by atoms with Crippen molar-refractivity contribution in [1.29, 1.82) is 0 Å². The van der Waals surface area contributed by atoms with Gasteiger partial charge in [-0.25, -0.2) is 0 Å². The second kappa shape index (κ2) is 5.38. The third kappa shape index (κ3) is 3.27. The number of aliphatic carboxylic acids is 1. The molecule has 5 heteroatoms. The van der Waals surface area contributed by atoms with Gasteiger partial charge in [0.15, 0.2) is 0 Å². The van der Waals surface area contributed by atoms with Gasteiger partial charge in [-0.15, -0.1) is 0 Å². The number of hydrogen-bond donors (Lipinski definition) is 1. The van der Waals surface area contributed by atoms with E-state index in [0.29, 0.717) is 26.2 Å². The lowest BCUT2D eigenvalue weighted by molar-refractivity contribution is -0.150. The Bertz CT molecular complexity index is 324. The maximum absolute atomic E-state index is 11.5. The molecular weight excluding hydrogens is 244 g/mol. The highest BCUT2D eigenvalue weighted by molar-refractivity contribution is 5.75. The molecule has 2 rings (SSSR count). The number of rotatable bonds is 3. The first-order valence-electron chi connectivity index (χ1n) is 7.12. The van der Waals surface area contributed by atoms with Gasteiger partial charge < -0.3 is 9.84 Å². The topological polar surface area (TPSA) is 53.0 Å². The maximum atomic E-state index is 11.5. The maximum Gasteiger partial charge on any atom is 0.313 e. The molecule has 2 heterocycles. The van der Waals surface area contributed by atoms with Crippen LogP contribution in [0.3, 0.4) is 0 Å². The van der Waals surface area contributed by atoms with Crippen molar-refractivity contribution in [1.82, 2.24) is 9.80 Å². The van der Waals surface area contributed by atoms with Crippen molar-refractivity contribution in [2.45, 2.75) is 32.7 Å². The van der Waals surface area contributed by atoms with Crippen LogP contribution in [-0.2, 0) is 9.53 Å². The van der Waals surface area contributed by atoms with Crippen molar-refractivity contribution in [3.8, 4) is 0 Å². The highest BCUT2D eigenvalue weighted by Crippen LogP contribution is 2.30. The molecule has 110 valence electrons. The van der Waals surface area contributed by atoms with Crippen molar-refractivity contribution in [3.05, 3.63) is 0 Å². The van der Waals surface area contributed by atoms with E-state index in [0.717, 1.165) is 26.2 Å². The predicted molar refractivity (Wildman–Crippen MR) is 73.3 cm³/mol. The van der Waals surface area contributed by atoms with Crippen LogP contribution in [0.5, 0.6) is 0 Å². The molecule has 2 fully saturated rings. The Kier molecular flexibility index (Phi) is 4.18. The van der Waals surface area contributed by atoms with Gasteiger partial charge in [-0.2, -0.15) is 0 Å². The van der Waals surface area contributed by atoms with E-state index in [4.69, 9.17) is 4.74 Å². The molecule has 0 aromatic heterocycles. The van der Waals surface area contributed by atoms with Crippen molar-refractivity contribution < 1.29 is 14.6 Å². The smallest absolute Gasteiger partial charge is 0.313 e. The summed E-state index contributed by atoms with van der Waals surface area (Å²) in [6.45, 7) is 12.2. The Hall–Kier alpha value is -0.650. The van der Waals surface area contributed by atoms with Gasteiger partial charge in [-0.1, -0.05) is 0 Å². The lowest BCUT2D eigenvalue weighted by Crippen LogP contribution is -2.56. The molecular formula is C14H26N2O3. The van der Waals surface area contributed by atoms with E-state index in [-0.39, 0.29) is 5.54 Å². The summed E-state index contributed by atoms with van der Waals surface area (Å²) >= 11 is 0. The standard InChI is InChI=1S/C14H26N2O3/c1-13(2,3)16-7-5-15(6-8-16)10-14(12(17)18)4-9-19-11-14/h4-11H2,1-3H3,(H,17,18). The molecule has 0 aliphatic carbocycles. The zero-order chi connectivity index (χ0) is 14.1. The second-order valence-corrected chi connectivity index (χ2v) is 6.82. The van der Waals surface area contributed by atoms with Gasteiger partial charge in [-0.3, -0.25) is 14.6 Å². The summed E-state index contributed by atoms with van der Waals surface area (Å²) in [4.78, 5) is 16.2. The highest BCUT2D eigenvalue weighted by Gasteiger charge is 2.44. The monoisotopic (exact) mass is 270 g/mol. The third-order valence-corrected chi connectivity index (χ3v) is 4.40. The molecule has 0 aromatic carbocycles. The Balaban J connectivity index is 1.90. The Morgan fingerprint density at radius 3 is 2.32 bits per heavy atom. The summed E-state index contributed by atoms with van der Waals surface area (Å²) in [5.74, 6) is -0.705. The van der Waals surface area contributed by atoms with Gasteiger partial charge in [0.25, 0.3) is 0 Å². The average Bonchev–Trinajstić information content (AvgIpc) is 2.78. The fourth-order valence-corrected chi connectivity index (χ4v) is 2.97.